The Morgan fingerprint density at radius 3 is 2.58 bits per heavy atom. The van der Waals surface area contributed by atoms with Gasteiger partial charge >= 0.3 is 5.97 Å². The van der Waals surface area contributed by atoms with Crippen LogP contribution in [-0.4, -0.2) is 41.0 Å². The first kappa shape index (κ1) is 17.7. The van der Waals surface area contributed by atoms with E-state index in [1.807, 2.05) is 32.0 Å². The van der Waals surface area contributed by atoms with Crippen molar-refractivity contribution in [2.45, 2.75) is 32.9 Å². The minimum atomic E-state index is -0.365. The maximum absolute atomic E-state index is 12.6. The Kier molecular flexibility index (Phi) is 5.73. The first-order chi connectivity index (χ1) is 11.4. The zero-order valence-corrected chi connectivity index (χ0v) is 14.2. The van der Waals surface area contributed by atoms with Crippen molar-refractivity contribution >= 4 is 22.6 Å². The van der Waals surface area contributed by atoms with E-state index in [1.165, 1.54) is 11.7 Å². The van der Waals surface area contributed by atoms with Crippen molar-refractivity contribution in [2.24, 2.45) is 0 Å². The lowest BCUT2D eigenvalue weighted by Gasteiger charge is -2.26. The van der Waals surface area contributed by atoms with Crippen molar-refractivity contribution < 1.29 is 14.3 Å². The lowest BCUT2D eigenvalue weighted by molar-refractivity contribution is -0.142. The molecule has 0 N–H and O–H groups in total. The summed E-state index contributed by atoms with van der Waals surface area (Å²) in [5, 5.41) is 1.43. The summed E-state index contributed by atoms with van der Waals surface area (Å²) in [6, 6.07) is 9.02. The number of carbonyl (C=O) groups is 2. The second-order valence-electron chi connectivity index (χ2n) is 5.84. The van der Waals surface area contributed by atoms with Crippen LogP contribution in [0.5, 0.6) is 0 Å². The van der Waals surface area contributed by atoms with Crippen molar-refractivity contribution in [3.8, 4) is 0 Å². The van der Waals surface area contributed by atoms with Gasteiger partial charge < -0.3 is 14.2 Å². The molecule has 6 nitrogen and oxygen atoms in total. The van der Waals surface area contributed by atoms with Gasteiger partial charge in [0.15, 0.2) is 0 Å². The third kappa shape index (κ3) is 4.01. The van der Waals surface area contributed by atoms with E-state index in [9.17, 15) is 14.4 Å². The predicted octanol–water partition coefficient (Wildman–Crippen LogP) is 1.80. The van der Waals surface area contributed by atoms with Crippen molar-refractivity contribution in [2.75, 3.05) is 13.7 Å². The fraction of sp³-hybridized carbons (Fsp3) is 0.389. The lowest BCUT2D eigenvalue weighted by Crippen LogP contribution is -2.41. The van der Waals surface area contributed by atoms with Gasteiger partial charge in [0.25, 0.3) is 5.56 Å². The predicted molar refractivity (Wildman–Crippen MR) is 91.7 cm³/mol. The van der Waals surface area contributed by atoms with Gasteiger partial charge in [0.1, 0.15) is 6.54 Å². The van der Waals surface area contributed by atoms with E-state index in [4.69, 9.17) is 0 Å². The number of benzene rings is 1. The van der Waals surface area contributed by atoms with Crippen LogP contribution in [0.15, 0.2) is 41.3 Å². The molecule has 0 aliphatic rings. The summed E-state index contributed by atoms with van der Waals surface area (Å²) in [5.41, 5.74) is -0.196. The molecule has 1 aromatic heterocycles. The molecule has 0 aliphatic heterocycles. The molecule has 1 heterocycles. The summed E-state index contributed by atoms with van der Waals surface area (Å²) < 4.78 is 6.01. The fourth-order valence-corrected chi connectivity index (χ4v) is 2.58. The smallest absolute Gasteiger partial charge is 0.307 e. The third-order valence-electron chi connectivity index (χ3n) is 3.92. The van der Waals surface area contributed by atoms with Crippen molar-refractivity contribution in [1.29, 1.82) is 0 Å². The molecule has 24 heavy (non-hydrogen) atoms. The number of hydrogen-bond acceptors (Lipinski definition) is 4. The highest BCUT2D eigenvalue weighted by molar-refractivity contribution is 5.82. The maximum Gasteiger partial charge on any atom is 0.307 e. The zero-order chi connectivity index (χ0) is 17.7. The summed E-state index contributed by atoms with van der Waals surface area (Å²) >= 11 is 0. The van der Waals surface area contributed by atoms with Crippen LogP contribution in [0.3, 0.4) is 0 Å². The molecule has 1 amide bonds. The highest BCUT2D eigenvalue weighted by Crippen LogP contribution is 2.09. The molecular weight excluding hydrogens is 308 g/mol. The summed E-state index contributed by atoms with van der Waals surface area (Å²) in [6.45, 7) is 3.96. The van der Waals surface area contributed by atoms with Gasteiger partial charge in [-0.15, -0.1) is 0 Å². The van der Waals surface area contributed by atoms with Crippen LogP contribution in [0.2, 0.25) is 0 Å². The quantitative estimate of drug-likeness (QED) is 0.758. The molecule has 0 bridgehead atoms. The number of ether oxygens (including phenoxy) is 1. The maximum atomic E-state index is 12.6. The molecule has 0 atom stereocenters. The number of carbonyl (C=O) groups excluding carboxylic acids is 2. The Hall–Kier alpha value is -2.63. The molecule has 0 unspecified atom stereocenters. The molecule has 0 fully saturated rings. The SMILES string of the molecule is COC(=O)CCN(C(=O)Cn1ccc2ccccc2c1=O)C(C)C. The number of nitrogens with zero attached hydrogens (tertiary/aromatic N) is 2. The standard InChI is InChI=1S/C18H22N2O4/c1-13(2)20(11-9-17(22)24-3)16(21)12-19-10-8-14-6-4-5-7-15(14)18(19)23/h4-8,10,13H,9,11-12H2,1-3H3. The highest BCUT2D eigenvalue weighted by atomic mass is 16.5. The van der Waals surface area contributed by atoms with Gasteiger partial charge in [0.05, 0.1) is 13.5 Å². The Labute approximate surface area is 140 Å². The van der Waals surface area contributed by atoms with Gasteiger partial charge in [-0.05, 0) is 31.4 Å². The van der Waals surface area contributed by atoms with Crippen LogP contribution in [0.1, 0.15) is 20.3 Å². The monoisotopic (exact) mass is 330 g/mol. The molecule has 0 spiro atoms. The molecule has 6 heteroatoms. The molecular formula is C18H22N2O4. The number of amides is 1. The van der Waals surface area contributed by atoms with Gasteiger partial charge in [-0.2, -0.15) is 0 Å². The van der Waals surface area contributed by atoms with Crippen molar-refractivity contribution in [3.63, 3.8) is 0 Å². The van der Waals surface area contributed by atoms with Crippen LogP contribution in [0.4, 0.5) is 0 Å². The van der Waals surface area contributed by atoms with Crippen molar-refractivity contribution in [1.82, 2.24) is 9.47 Å². The van der Waals surface area contributed by atoms with Crippen LogP contribution >= 0.6 is 0 Å². The van der Waals surface area contributed by atoms with Gasteiger partial charge in [-0.1, -0.05) is 18.2 Å². The first-order valence-electron chi connectivity index (χ1n) is 7.88. The van der Waals surface area contributed by atoms with E-state index in [2.05, 4.69) is 4.74 Å². The molecule has 0 aliphatic carbocycles. The Bertz CT molecular complexity index is 795. The highest BCUT2D eigenvalue weighted by Gasteiger charge is 2.19. The van der Waals surface area contributed by atoms with Crippen LogP contribution in [-0.2, 0) is 20.9 Å². The van der Waals surface area contributed by atoms with Crippen LogP contribution in [0.25, 0.3) is 10.8 Å². The van der Waals surface area contributed by atoms with Gasteiger partial charge in [-0.25, -0.2) is 0 Å². The minimum absolute atomic E-state index is 0.0526. The molecule has 0 saturated carbocycles. The van der Waals surface area contributed by atoms with Crippen molar-refractivity contribution in [3.05, 3.63) is 46.9 Å². The lowest BCUT2D eigenvalue weighted by atomic mass is 10.2. The topological polar surface area (TPSA) is 68.6 Å². The molecule has 1 aromatic carbocycles. The van der Waals surface area contributed by atoms with E-state index in [0.717, 1.165) is 5.39 Å². The second kappa shape index (κ2) is 7.77. The number of rotatable bonds is 6. The second-order valence-corrected chi connectivity index (χ2v) is 5.84. The average Bonchev–Trinajstić information content (AvgIpc) is 2.57. The minimum Gasteiger partial charge on any atom is -0.469 e. The van der Waals surface area contributed by atoms with Gasteiger partial charge in [-0.3, -0.25) is 14.4 Å². The first-order valence-corrected chi connectivity index (χ1v) is 7.88. The van der Waals surface area contributed by atoms with Crippen LogP contribution in [0, 0.1) is 0 Å². The number of methoxy groups -OCH3 is 1. The summed E-state index contributed by atoms with van der Waals surface area (Å²) in [6.07, 6.45) is 1.76. The number of aromatic nitrogens is 1. The number of esters is 1. The van der Waals surface area contributed by atoms with E-state index >= 15 is 0 Å². The Morgan fingerprint density at radius 1 is 1.21 bits per heavy atom. The number of pyridine rings is 1. The van der Waals surface area contributed by atoms with Gasteiger partial charge in [0, 0.05) is 24.2 Å². The average molecular weight is 330 g/mol. The molecule has 2 rings (SSSR count). The van der Waals surface area contributed by atoms with E-state index in [-0.39, 0.29) is 43.0 Å². The number of fused-ring (bicyclic) bond motifs is 1. The molecule has 128 valence electrons. The Morgan fingerprint density at radius 2 is 1.92 bits per heavy atom. The molecule has 0 radical (unpaired) electrons. The summed E-state index contributed by atoms with van der Waals surface area (Å²) in [4.78, 5) is 37.9. The van der Waals surface area contributed by atoms with E-state index < -0.39 is 0 Å². The third-order valence-corrected chi connectivity index (χ3v) is 3.92. The number of hydrogen-bond donors (Lipinski definition) is 0. The fourth-order valence-electron chi connectivity index (χ4n) is 2.58. The van der Waals surface area contributed by atoms with Gasteiger partial charge in [0.2, 0.25) is 5.91 Å². The van der Waals surface area contributed by atoms with E-state index in [1.54, 1.807) is 23.2 Å². The summed E-state index contributed by atoms with van der Waals surface area (Å²) in [5.74, 6) is -0.567. The molecule has 2 aromatic rings. The largest absolute Gasteiger partial charge is 0.469 e. The van der Waals surface area contributed by atoms with E-state index in [0.29, 0.717) is 5.39 Å². The Balaban J connectivity index is 2.19. The zero-order valence-electron chi connectivity index (χ0n) is 14.2. The van der Waals surface area contributed by atoms with Crippen LogP contribution < -0.4 is 5.56 Å². The molecule has 0 saturated heterocycles. The normalized spacial score (nSPS) is 10.8. The summed E-state index contributed by atoms with van der Waals surface area (Å²) in [7, 11) is 1.32.